The molecule has 0 aliphatic carbocycles. The zero-order valence-electron chi connectivity index (χ0n) is 24.5. The number of carbonyl (C=O) groups is 3. The van der Waals surface area contributed by atoms with Crippen molar-refractivity contribution in [2.45, 2.75) is 85.0 Å². The van der Waals surface area contributed by atoms with Crippen LogP contribution in [0.3, 0.4) is 0 Å². The van der Waals surface area contributed by atoms with Gasteiger partial charge >= 0.3 is 11.9 Å². The Morgan fingerprint density at radius 1 is 1.05 bits per heavy atom. The molecule has 2 aliphatic rings. The van der Waals surface area contributed by atoms with Gasteiger partial charge < -0.3 is 24.8 Å². The molecule has 9 atom stereocenters. The van der Waals surface area contributed by atoms with E-state index in [2.05, 4.69) is 5.16 Å². The van der Waals surface area contributed by atoms with E-state index in [0.29, 0.717) is 19.3 Å². The van der Waals surface area contributed by atoms with Crippen LogP contribution in [0.15, 0.2) is 35.5 Å². The quantitative estimate of drug-likeness (QED) is 0.239. The number of nitrogens with zero attached hydrogens (tertiary/aromatic N) is 1. The van der Waals surface area contributed by atoms with Crippen molar-refractivity contribution >= 4 is 23.6 Å². The topological polar surface area (TPSA) is 127 Å². The van der Waals surface area contributed by atoms with Crippen LogP contribution < -0.4 is 5.73 Å². The third-order valence-electron chi connectivity index (χ3n) is 8.47. The van der Waals surface area contributed by atoms with Crippen LogP contribution in [0.25, 0.3) is 0 Å². The van der Waals surface area contributed by atoms with E-state index in [4.69, 9.17) is 24.8 Å². The van der Waals surface area contributed by atoms with Gasteiger partial charge in [0.2, 0.25) is 0 Å². The molecule has 222 valence electrons. The number of hydrogen-bond acceptors (Lipinski definition) is 8. The molecule has 3 rings (SSSR count). The van der Waals surface area contributed by atoms with Crippen molar-refractivity contribution in [2.75, 3.05) is 7.11 Å². The third-order valence-corrected chi connectivity index (χ3v) is 8.47. The number of benzene rings is 1. The maximum Gasteiger partial charge on any atom is 0.318 e. The van der Waals surface area contributed by atoms with Crippen LogP contribution in [0, 0.1) is 35.5 Å². The summed E-state index contributed by atoms with van der Waals surface area (Å²) in [6.45, 7) is 10.4. The number of halogens is 1. The van der Waals surface area contributed by atoms with Gasteiger partial charge in [0.1, 0.15) is 18.3 Å². The molecule has 0 unspecified atom stereocenters. The molecule has 2 N–H and O–H groups in total. The number of ketones is 1. The number of carbonyl (C=O) groups excluding carboxylic acids is 3. The van der Waals surface area contributed by atoms with E-state index in [1.807, 2.05) is 44.2 Å². The Balaban J connectivity index is 1.99. The number of hydrogen-bond donors (Lipinski definition) is 1. The van der Waals surface area contributed by atoms with Crippen LogP contribution in [0.1, 0.15) is 66.4 Å². The van der Waals surface area contributed by atoms with E-state index in [0.717, 1.165) is 5.56 Å². The fourth-order valence-electron chi connectivity index (χ4n) is 6.41. The van der Waals surface area contributed by atoms with Crippen LogP contribution in [-0.4, -0.2) is 48.2 Å². The van der Waals surface area contributed by atoms with E-state index in [-0.39, 0.29) is 24.1 Å². The van der Waals surface area contributed by atoms with Gasteiger partial charge in [0.25, 0.3) is 6.36 Å². The number of esters is 2. The fourth-order valence-corrected chi connectivity index (χ4v) is 6.41. The van der Waals surface area contributed by atoms with Crippen molar-refractivity contribution in [2.24, 2.45) is 46.4 Å². The van der Waals surface area contributed by atoms with E-state index in [1.165, 1.54) is 6.92 Å². The van der Waals surface area contributed by atoms with E-state index < -0.39 is 59.1 Å². The summed E-state index contributed by atoms with van der Waals surface area (Å²) in [5.74, 6) is -6.44. The van der Waals surface area contributed by atoms with Gasteiger partial charge in [-0.1, -0.05) is 63.2 Å². The molecule has 0 bridgehead atoms. The molecule has 2 heterocycles. The van der Waals surface area contributed by atoms with Gasteiger partial charge in [-0.3, -0.25) is 14.4 Å². The first-order chi connectivity index (χ1) is 18.7. The average Bonchev–Trinajstić information content (AvgIpc) is 3.18. The summed E-state index contributed by atoms with van der Waals surface area (Å²) in [4.78, 5) is 45.3. The van der Waals surface area contributed by atoms with Gasteiger partial charge in [0.05, 0.1) is 11.5 Å². The highest BCUT2D eigenvalue weighted by molar-refractivity contribution is 6.02. The maximum absolute atomic E-state index is 15.9. The molecule has 2 fully saturated rings. The number of Topliss-reactive ketones (excluding diaryl/α,β-unsaturated/α-hetero) is 1. The summed E-state index contributed by atoms with van der Waals surface area (Å²) in [5.41, 5.74) is 4.45. The Bertz CT molecular complexity index is 1100. The van der Waals surface area contributed by atoms with Crippen molar-refractivity contribution in [3.05, 3.63) is 35.9 Å². The molecule has 0 amide bonds. The number of alkyl halides is 1. The van der Waals surface area contributed by atoms with Gasteiger partial charge in [0.15, 0.2) is 11.4 Å². The van der Waals surface area contributed by atoms with Gasteiger partial charge in [-0.2, -0.15) is 4.39 Å². The predicted molar refractivity (Wildman–Crippen MR) is 146 cm³/mol. The molecule has 1 aromatic rings. The molecule has 1 aromatic carbocycles. The summed E-state index contributed by atoms with van der Waals surface area (Å²) >= 11 is 0. The first kappa shape index (κ1) is 31.5. The normalized spacial score (nSPS) is 38.1. The number of oxime groups is 1. The summed E-state index contributed by atoms with van der Waals surface area (Å²) in [6, 6.07) is 9.22. The van der Waals surface area contributed by atoms with E-state index in [1.54, 1.807) is 27.9 Å². The number of cyclic esters (lactones) is 1. The lowest BCUT2D eigenvalue weighted by Crippen LogP contribution is -2.52. The number of nitrogens with two attached hydrogens (primary N) is 1. The van der Waals surface area contributed by atoms with Gasteiger partial charge in [0, 0.05) is 24.9 Å². The Kier molecular flexibility index (Phi) is 9.98. The second-order valence-corrected chi connectivity index (χ2v) is 12.0. The Labute approximate surface area is 235 Å². The number of methoxy groups -OCH3 is 1. The number of ether oxygens (including phenoxy) is 3. The molecule has 0 aromatic heterocycles. The van der Waals surface area contributed by atoms with Crippen LogP contribution in [-0.2, 0) is 40.0 Å². The van der Waals surface area contributed by atoms with Crippen LogP contribution >= 0.6 is 0 Å². The van der Waals surface area contributed by atoms with E-state index >= 15 is 4.39 Å². The van der Waals surface area contributed by atoms with Crippen LogP contribution in [0.4, 0.5) is 4.39 Å². The first-order valence-electron chi connectivity index (χ1n) is 13.9. The molecule has 2 aliphatic heterocycles. The molecule has 0 saturated carbocycles. The smallest absolute Gasteiger partial charge is 0.318 e. The summed E-state index contributed by atoms with van der Waals surface area (Å²) < 4.78 is 32.6. The van der Waals surface area contributed by atoms with Crippen molar-refractivity contribution in [3.63, 3.8) is 0 Å². The SMILES string of the molecule is CO[C@@]1(C)C[C@@H](C)C[C@@H](C)C(=O)O[C@@H](F)[C@]2(C)OC(=O)[C@@H](/C(N)=N/OCc3ccccc3)[C@@H]2[C@@H](C)C(=O)[C@H](C)C1. The number of fused-ring (bicyclic) bond motifs is 1. The average molecular weight is 563 g/mol. The second kappa shape index (κ2) is 12.7. The zero-order valence-corrected chi connectivity index (χ0v) is 24.5. The summed E-state index contributed by atoms with van der Waals surface area (Å²) in [7, 11) is 1.60. The lowest BCUT2D eigenvalue weighted by molar-refractivity contribution is -0.206. The maximum atomic E-state index is 15.9. The monoisotopic (exact) mass is 562 g/mol. The minimum Gasteiger partial charge on any atom is -0.451 e. The molecule has 2 saturated heterocycles. The van der Waals surface area contributed by atoms with Crippen molar-refractivity contribution in [1.29, 1.82) is 0 Å². The van der Waals surface area contributed by atoms with Crippen molar-refractivity contribution in [1.82, 2.24) is 0 Å². The molecule has 9 nitrogen and oxygen atoms in total. The first-order valence-corrected chi connectivity index (χ1v) is 13.9. The van der Waals surface area contributed by atoms with Gasteiger partial charge in [-0.25, -0.2) is 0 Å². The zero-order chi connectivity index (χ0) is 29.8. The lowest BCUT2D eigenvalue weighted by Gasteiger charge is -2.39. The second-order valence-electron chi connectivity index (χ2n) is 12.0. The van der Waals surface area contributed by atoms with Gasteiger partial charge in [-0.15, -0.1) is 0 Å². The fraction of sp³-hybridized carbons (Fsp3) is 0.667. The molecule has 0 spiro atoms. The molecular formula is C30H43FN2O7. The molecule has 0 radical (unpaired) electrons. The highest BCUT2D eigenvalue weighted by atomic mass is 19.1. The highest BCUT2D eigenvalue weighted by Gasteiger charge is 2.63. The highest BCUT2D eigenvalue weighted by Crippen LogP contribution is 2.47. The number of rotatable bonds is 5. The molecule has 40 heavy (non-hydrogen) atoms. The Morgan fingerprint density at radius 3 is 2.33 bits per heavy atom. The largest absolute Gasteiger partial charge is 0.451 e. The number of amidine groups is 1. The lowest BCUT2D eigenvalue weighted by atomic mass is 9.69. The summed E-state index contributed by atoms with van der Waals surface area (Å²) in [6.07, 6.45) is -0.894. The Morgan fingerprint density at radius 2 is 1.70 bits per heavy atom. The van der Waals surface area contributed by atoms with Crippen LogP contribution in [0.5, 0.6) is 0 Å². The minimum absolute atomic E-state index is 0.0390. The predicted octanol–water partition coefficient (Wildman–Crippen LogP) is 4.56. The van der Waals surface area contributed by atoms with Crippen molar-refractivity contribution in [3.8, 4) is 0 Å². The standard InChI is InChI=1S/C30H43FN2O7/c1-17-13-18(2)26(35)39-28(31)30(6)23(20(4)24(34)19(3)15-29(5,14-17)37-7)22(27(36)40-30)25(32)33-38-16-21-11-9-8-10-12-21/h8-12,17-20,22-23,28H,13-16H2,1-7H3,(H2,32,33)/t17-,18+,19+,20+,22+,23-,28+,29-,30+/m0/s1. The Hall–Kier alpha value is -3.01. The summed E-state index contributed by atoms with van der Waals surface area (Å²) in [5, 5.41) is 3.94. The third kappa shape index (κ3) is 6.82. The molecule has 10 heteroatoms. The van der Waals surface area contributed by atoms with Gasteiger partial charge in [-0.05, 0) is 44.6 Å². The van der Waals surface area contributed by atoms with Crippen LogP contribution in [0.2, 0.25) is 0 Å². The van der Waals surface area contributed by atoms with E-state index in [9.17, 15) is 14.4 Å². The van der Waals surface area contributed by atoms with Crippen molar-refractivity contribution < 1.29 is 37.8 Å². The molecular weight excluding hydrogens is 519 g/mol. The minimum atomic E-state index is -2.33.